The summed E-state index contributed by atoms with van der Waals surface area (Å²) in [5, 5.41) is 5.92. The van der Waals surface area contributed by atoms with Gasteiger partial charge in [-0.1, -0.05) is 54.6 Å². The van der Waals surface area contributed by atoms with Crippen molar-refractivity contribution in [1.82, 2.24) is 0 Å². The largest absolute Gasteiger partial charge is 0.105 e. The highest BCUT2D eigenvalue weighted by Gasteiger charge is 2.28. The first-order valence-corrected chi connectivity index (χ1v) is 11.3. The molecule has 1 heterocycles. The Morgan fingerprint density at radius 2 is 1.79 bits per heavy atom. The van der Waals surface area contributed by atoms with Crippen molar-refractivity contribution in [3.8, 4) is 0 Å². The molecule has 0 saturated carbocycles. The Hall–Kier alpha value is -1.65. The van der Waals surface area contributed by atoms with Crippen LogP contribution in [0.1, 0.15) is 30.4 Å². The first-order valence-electron chi connectivity index (χ1n) is 9.12. The van der Waals surface area contributed by atoms with E-state index in [1.807, 2.05) is 0 Å². The van der Waals surface area contributed by atoms with E-state index >= 15 is 0 Å². The molecule has 1 aliphatic heterocycles. The van der Waals surface area contributed by atoms with Crippen LogP contribution in [0.2, 0.25) is 0 Å². The first-order chi connectivity index (χ1) is 11.8. The first kappa shape index (κ1) is 14.7. The second-order valence-electron chi connectivity index (χ2n) is 7.42. The van der Waals surface area contributed by atoms with Gasteiger partial charge in [0, 0.05) is 0 Å². The van der Waals surface area contributed by atoms with Gasteiger partial charge in [-0.15, -0.1) is 7.92 Å². The Labute approximate surface area is 144 Å². The van der Waals surface area contributed by atoms with Crippen molar-refractivity contribution in [3.63, 3.8) is 0 Å². The average molecular weight is 330 g/mol. The minimum atomic E-state index is 0.0841. The molecule has 0 aromatic heterocycles. The Balaban J connectivity index is 1.98. The van der Waals surface area contributed by atoms with Gasteiger partial charge in [-0.3, -0.25) is 0 Å². The molecule has 0 nitrogen and oxygen atoms in total. The molecular weight excluding hydrogens is 307 g/mol. The summed E-state index contributed by atoms with van der Waals surface area (Å²) >= 11 is 0. The van der Waals surface area contributed by atoms with Gasteiger partial charge in [0.2, 0.25) is 0 Å². The molecular formula is C23H23P. The van der Waals surface area contributed by atoms with E-state index in [0.717, 1.165) is 0 Å². The fourth-order valence-electron chi connectivity index (χ4n) is 4.76. The summed E-state index contributed by atoms with van der Waals surface area (Å²) in [6.07, 6.45) is 13.7. The number of rotatable bonds is 0. The molecule has 0 saturated heterocycles. The van der Waals surface area contributed by atoms with Gasteiger partial charge in [0.05, 0.1) is 0 Å². The molecule has 2 aromatic rings. The lowest BCUT2D eigenvalue weighted by atomic mass is 9.82. The summed E-state index contributed by atoms with van der Waals surface area (Å²) in [6, 6.07) is 13.8. The monoisotopic (exact) mass is 330 g/mol. The molecule has 5 rings (SSSR count). The maximum atomic E-state index is 2.50. The van der Waals surface area contributed by atoms with Crippen molar-refractivity contribution >= 4 is 31.7 Å². The highest BCUT2D eigenvalue weighted by molar-refractivity contribution is 7.56. The highest BCUT2D eigenvalue weighted by Crippen LogP contribution is 2.46. The van der Waals surface area contributed by atoms with Crippen molar-refractivity contribution in [1.29, 1.82) is 0 Å². The molecule has 2 aliphatic carbocycles. The van der Waals surface area contributed by atoms with Gasteiger partial charge in [0.25, 0.3) is 0 Å². The standard InChI is InChI=1S/C23H23P/c1-24-14-18-12-10-16-6-2-4-8-20(16)22(18)23-19(15-24)13-11-17-7-3-5-9-21(17)23/h2,4,6-11,13,18H,3,5,12,14-15H2,1H3. The predicted molar refractivity (Wildman–Crippen MR) is 106 cm³/mol. The third kappa shape index (κ3) is 2.24. The van der Waals surface area contributed by atoms with E-state index in [4.69, 9.17) is 0 Å². The van der Waals surface area contributed by atoms with Crippen LogP contribution >= 0.6 is 7.92 Å². The average Bonchev–Trinajstić information content (AvgIpc) is 2.77. The van der Waals surface area contributed by atoms with E-state index in [0.29, 0.717) is 5.92 Å². The molecule has 24 heavy (non-hydrogen) atoms. The summed E-state index contributed by atoms with van der Waals surface area (Å²) in [6.45, 7) is 2.50. The Morgan fingerprint density at radius 1 is 0.917 bits per heavy atom. The lowest BCUT2D eigenvalue weighted by Crippen LogP contribution is -2.38. The Kier molecular flexibility index (Phi) is 3.49. The van der Waals surface area contributed by atoms with Crippen molar-refractivity contribution in [2.75, 3.05) is 12.8 Å². The molecule has 2 aromatic carbocycles. The maximum absolute atomic E-state index is 2.50. The lowest BCUT2D eigenvalue weighted by molar-refractivity contribution is 0.783. The maximum Gasteiger partial charge on any atom is -0.00691 e. The van der Waals surface area contributed by atoms with Gasteiger partial charge in [0.15, 0.2) is 0 Å². The number of benzene rings is 2. The molecule has 120 valence electrons. The minimum absolute atomic E-state index is 0.0841. The minimum Gasteiger partial charge on any atom is -0.105 e. The third-order valence-electron chi connectivity index (χ3n) is 5.77. The fourth-order valence-corrected chi connectivity index (χ4v) is 6.82. The van der Waals surface area contributed by atoms with Crippen LogP contribution < -0.4 is 20.9 Å². The van der Waals surface area contributed by atoms with Crippen molar-refractivity contribution in [2.45, 2.75) is 25.4 Å². The molecule has 2 unspecified atom stereocenters. The van der Waals surface area contributed by atoms with Gasteiger partial charge in [0.1, 0.15) is 0 Å². The summed E-state index contributed by atoms with van der Waals surface area (Å²) in [5.41, 5.74) is 4.85. The zero-order chi connectivity index (χ0) is 16.1. The number of fused-ring (bicyclic) bond motifs is 6. The summed E-state index contributed by atoms with van der Waals surface area (Å²) in [7, 11) is 0.0841. The fraction of sp³-hybridized carbons (Fsp3) is 0.304. The van der Waals surface area contributed by atoms with E-state index in [-0.39, 0.29) is 7.92 Å². The zero-order valence-electron chi connectivity index (χ0n) is 14.3. The molecule has 1 heteroatoms. The van der Waals surface area contributed by atoms with Crippen LogP contribution in [-0.2, 0) is 6.16 Å². The molecule has 0 spiro atoms. The molecule has 0 N–H and O–H groups in total. The second-order valence-corrected chi connectivity index (χ2v) is 9.82. The van der Waals surface area contributed by atoms with Crippen LogP contribution in [0.15, 0.2) is 36.4 Å². The molecule has 0 bridgehead atoms. The van der Waals surface area contributed by atoms with Crippen molar-refractivity contribution in [3.05, 3.63) is 68.4 Å². The molecule has 2 atom stereocenters. The van der Waals surface area contributed by atoms with E-state index in [2.05, 4.69) is 61.3 Å². The molecule has 3 aliphatic rings. The zero-order valence-corrected chi connectivity index (χ0v) is 15.2. The molecule has 0 fully saturated rings. The smallest absolute Gasteiger partial charge is 0.00691 e. The Morgan fingerprint density at radius 3 is 2.75 bits per heavy atom. The van der Waals surface area contributed by atoms with Crippen LogP contribution in [0, 0.1) is 5.92 Å². The van der Waals surface area contributed by atoms with Crippen LogP contribution in [0.25, 0.3) is 23.8 Å². The molecule has 0 radical (unpaired) electrons. The molecule has 0 amide bonds. The van der Waals surface area contributed by atoms with Crippen LogP contribution in [0.5, 0.6) is 0 Å². The number of hydrogen-bond acceptors (Lipinski definition) is 0. The van der Waals surface area contributed by atoms with E-state index in [1.54, 1.807) is 16.7 Å². The quantitative estimate of drug-likeness (QED) is 0.652. The summed E-state index contributed by atoms with van der Waals surface area (Å²) < 4.78 is 0. The van der Waals surface area contributed by atoms with E-state index < -0.39 is 0 Å². The van der Waals surface area contributed by atoms with E-state index in [1.165, 1.54) is 52.5 Å². The summed E-state index contributed by atoms with van der Waals surface area (Å²) in [5.74, 6) is 0.707. The summed E-state index contributed by atoms with van der Waals surface area (Å²) in [4.78, 5) is 0. The van der Waals surface area contributed by atoms with Gasteiger partial charge >= 0.3 is 0 Å². The van der Waals surface area contributed by atoms with Crippen molar-refractivity contribution in [2.24, 2.45) is 5.92 Å². The lowest BCUT2D eigenvalue weighted by Gasteiger charge is -2.23. The van der Waals surface area contributed by atoms with Gasteiger partial charge < -0.3 is 0 Å². The third-order valence-corrected chi connectivity index (χ3v) is 7.71. The van der Waals surface area contributed by atoms with E-state index in [9.17, 15) is 0 Å². The Bertz CT molecular complexity index is 1060. The number of hydrogen-bond donors (Lipinski definition) is 0. The normalized spacial score (nSPS) is 24.1. The van der Waals surface area contributed by atoms with Gasteiger partial charge in [-0.25, -0.2) is 0 Å². The second kappa shape index (κ2) is 5.71. The van der Waals surface area contributed by atoms with Gasteiger partial charge in [-0.2, -0.15) is 0 Å². The predicted octanol–water partition coefficient (Wildman–Crippen LogP) is 2.67. The van der Waals surface area contributed by atoms with Crippen molar-refractivity contribution < 1.29 is 0 Å². The SMILES string of the molecule is CP1Cc2ccc3c(c2C2=c4ccccc4=CCC2C1)=CCCC=3. The van der Waals surface area contributed by atoms with Crippen LogP contribution in [0.4, 0.5) is 0 Å². The van der Waals surface area contributed by atoms with Gasteiger partial charge in [-0.05, 0) is 81.7 Å². The van der Waals surface area contributed by atoms with Crippen LogP contribution in [0.3, 0.4) is 0 Å². The van der Waals surface area contributed by atoms with Crippen LogP contribution in [-0.4, -0.2) is 12.8 Å². The topological polar surface area (TPSA) is 0 Å². The highest BCUT2D eigenvalue weighted by atomic mass is 31.1.